The Bertz CT molecular complexity index is 772. The van der Waals surface area contributed by atoms with Crippen molar-refractivity contribution >= 4 is 6.09 Å². The molecular formula is C15H14F17NO2. The fourth-order valence-electron chi connectivity index (χ4n) is 2.16. The normalized spacial score (nSPS) is 15.8. The van der Waals surface area contributed by atoms with E-state index in [9.17, 15) is 79.4 Å². The van der Waals surface area contributed by atoms with Crippen molar-refractivity contribution in [2.45, 2.75) is 79.9 Å². The van der Waals surface area contributed by atoms with E-state index in [-0.39, 0.29) is 0 Å². The lowest BCUT2D eigenvalue weighted by molar-refractivity contribution is -0.462. The molecule has 0 aromatic carbocycles. The summed E-state index contributed by atoms with van der Waals surface area (Å²) < 4.78 is 228. The number of alkyl carbamates (subject to hydrolysis) is 1. The molecule has 35 heavy (non-hydrogen) atoms. The van der Waals surface area contributed by atoms with Gasteiger partial charge in [-0.2, -0.15) is 74.6 Å². The summed E-state index contributed by atoms with van der Waals surface area (Å²) in [4.78, 5) is 11.0. The van der Waals surface area contributed by atoms with Crippen LogP contribution >= 0.6 is 0 Å². The van der Waals surface area contributed by atoms with Crippen LogP contribution in [0, 0.1) is 0 Å². The third kappa shape index (κ3) is 5.15. The van der Waals surface area contributed by atoms with Crippen LogP contribution in [0.4, 0.5) is 79.4 Å². The molecule has 0 bridgehead atoms. The summed E-state index contributed by atoms with van der Waals surface area (Å²) in [6.45, 7) is 1.38. The van der Waals surface area contributed by atoms with Crippen molar-refractivity contribution in [3.05, 3.63) is 0 Å². The molecule has 0 aliphatic carbocycles. The van der Waals surface area contributed by atoms with Gasteiger partial charge in [0.2, 0.25) is 0 Å². The van der Waals surface area contributed by atoms with Crippen molar-refractivity contribution in [1.82, 2.24) is 5.32 Å². The van der Waals surface area contributed by atoms with Gasteiger partial charge in [-0.05, 0) is 20.3 Å². The van der Waals surface area contributed by atoms with E-state index in [0.29, 0.717) is 13.8 Å². The van der Waals surface area contributed by atoms with Crippen LogP contribution in [-0.4, -0.2) is 66.4 Å². The van der Waals surface area contributed by atoms with Gasteiger partial charge in [-0.15, -0.1) is 0 Å². The van der Waals surface area contributed by atoms with Crippen molar-refractivity contribution in [3.63, 3.8) is 0 Å². The van der Waals surface area contributed by atoms with Crippen LogP contribution in [0.1, 0.15) is 26.7 Å². The first-order valence-electron chi connectivity index (χ1n) is 8.53. The molecule has 0 fully saturated rings. The molecule has 0 aliphatic rings. The molecule has 0 saturated heterocycles. The first-order valence-corrected chi connectivity index (χ1v) is 8.53. The van der Waals surface area contributed by atoms with Crippen molar-refractivity contribution in [2.24, 2.45) is 0 Å². The van der Waals surface area contributed by atoms with Crippen LogP contribution in [0.2, 0.25) is 0 Å². The molecule has 0 saturated carbocycles. The minimum absolute atomic E-state index is 0.692. The standard InChI is InChI=1S/C15H14F17NO2/c1-7(2,35-6(34)33-3)4-5-8(16,17)9(18,19)10(20,21)11(22,23)12(24,25)13(26,27)14(28,29)15(30,31)32/h4-5H2,1-3H3,(H,33,34). The highest BCUT2D eigenvalue weighted by Gasteiger charge is 2.95. The maximum atomic E-state index is 13.8. The Hall–Kier alpha value is -1.92. The van der Waals surface area contributed by atoms with Gasteiger partial charge in [0.15, 0.2) is 0 Å². The van der Waals surface area contributed by atoms with Gasteiger partial charge in [-0.1, -0.05) is 0 Å². The first-order chi connectivity index (χ1) is 14.9. The summed E-state index contributed by atoms with van der Waals surface area (Å²) in [5, 5.41) is 1.73. The molecule has 0 heterocycles. The number of halogens is 17. The molecule has 0 unspecified atom stereocenters. The molecule has 20 heteroatoms. The maximum absolute atomic E-state index is 13.8. The van der Waals surface area contributed by atoms with Gasteiger partial charge >= 0.3 is 53.7 Å². The van der Waals surface area contributed by atoms with E-state index in [1.807, 2.05) is 0 Å². The summed E-state index contributed by atoms with van der Waals surface area (Å²) in [5.74, 6) is -56.6. The molecule has 3 nitrogen and oxygen atoms in total. The zero-order chi connectivity index (χ0) is 28.9. The molecule has 210 valence electrons. The lowest BCUT2D eigenvalue weighted by Gasteiger charge is -2.43. The minimum Gasteiger partial charge on any atom is -0.444 e. The Kier molecular flexibility index (Phi) is 8.39. The third-order valence-electron chi connectivity index (χ3n) is 4.40. The number of nitrogens with one attached hydrogen (secondary N) is 1. The Labute approximate surface area is 183 Å². The summed E-state index contributed by atoms with van der Waals surface area (Å²) >= 11 is 0. The zero-order valence-electron chi connectivity index (χ0n) is 17.2. The van der Waals surface area contributed by atoms with Crippen LogP contribution < -0.4 is 5.32 Å². The van der Waals surface area contributed by atoms with Gasteiger partial charge < -0.3 is 10.1 Å². The maximum Gasteiger partial charge on any atom is 0.460 e. The number of carbonyl (C=O) groups excluding carboxylic acids is 1. The number of alkyl halides is 17. The van der Waals surface area contributed by atoms with Crippen molar-refractivity contribution in [2.75, 3.05) is 7.05 Å². The van der Waals surface area contributed by atoms with E-state index >= 15 is 0 Å². The highest BCUT2D eigenvalue weighted by molar-refractivity contribution is 5.67. The molecular weight excluding hydrogens is 549 g/mol. The van der Waals surface area contributed by atoms with Gasteiger partial charge in [-0.3, -0.25) is 0 Å². The Morgan fingerprint density at radius 3 is 1.20 bits per heavy atom. The largest absolute Gasteiger partial charge is 0.460 e. The average molecular weight is 563 g/mol. The smallest absolute Gasteiger partial charge is 0.444 e. The SMILES string of the molecule is CNC(=O)OC(C)(C)CCC(F)(F)C(F)(F)C(F)(F)C(F)(F)C(F)(F)C(F)(F)C(F)(F)C(F)(F)F. The highest BCUT2D eigenvalue weighted by Crippen LogP contribution is 2.64. The predicted molar refractivity (Wildman–Crippen MR) is 79.5 cm³/mol. The number of amides is 1. The topological polar surface area (TPSA) is 38.3 Å². The summed E-state index contributed by atoms with van der Waals surface area (Å²) in [6.07, 6.45) is -13.5. The highest BCUT2D eigenvalue weighted by atomic mass is 19.4. The molecule has 0 atom stereocenters. The second-order valence-corrected chi connectivity index (χ2v) is 7.55. The number of ether oxygens (including phenoxy) is 1. The molecule has 0 spiro atoms. The Balaban J connectivity index is 6.42. The van der Waals surface area contributed by atoms with Gasteiger partial charge in [-0.25, -0.2) is 4.79 Å². The number of hydrogen-bond donors (Lipinski definition) is 1. The molecule has 0 rings (SSSR count). The molecule has 1 N–H and O–H groups in total. The lowest BCUT2D eigenvalue weighted by Crippen LogP contribution is -2.74. The minimum atomic E-state index is -8.66. The molecule has 1 amide bonds. The Morgan fingerprint density at radius 2 is 0.886 bits per heavy atom. The van der Waals surface area contributed by atoms with Crippen molar-refractivity contribution < 1.29 is 84.2 Å². The van der Waals surface area contributed by atoms with Crippen LogP contribution in [0.25, 0.3) is 0 Å². The van der Waals surface area contributed by atoms with E-state index in [4.69, 9.17) is 0 Å². The summed E-state index contributed by atoms with van der Waals surface area (Å²) in [7, 11) is 0.905. The van der Waals surface area contributed by atoms with Crippen LogP contribution in [0.15, 0.2) is 0 Å². The van der Waals surface area contributed by atoms with E-state index in [1.54, 1.807) is 5.32 Å². The van der Waals surface area contributed by atoms with E-state index < -0.39 is 72.2 Å². The van der Waals surface area contributed by atoms with Gasteiger partial charge in [0.1, 0.15) is 5.60 Å². The molecule has 0 aromatic heterocycles. The summed E-state index contributed by atoms with van der Waals surface area (Å²) in [6, 6.07) is 0. The van der Waals surface area contributed by atoms with Crippen LogP contribution in [-0.2, 0) is 4.74 Å². The van der Waals surface area contributed by atoms with Crippen molar-refractivity contribution in [1.29, 1.82) is 0 Å². The lowest BCUT2D eigenvalue weighted by atomic mass is 9.87. The first kappa shape index (κ1) is 33.1. The third-order valence-corrected chi connectivity index (χ3v) is 4.40. The van der Waals surface area contributed by atoms with E-state index in [2.05, 4.69) is 4.74 Å². The fourth-order valence-corrected chi connectivity index (χ4v) is 2.16. The van der Waals surface area contributed by atoms with E-state index in [0.717, 1.165) is 7.05 Å². The number of carbonyl (C=O) groups is 1. The number of rotatable bonds is 10. The van der Waals surface area contributed by atoms with Gasteiger partial charge in [0, 0.05) is 13.5 Å². The molecule has 0 radical (unpaired) electrons. The average Bonchev–Trinajstić information content (AvgIpc) is 2.64. The second-order valence-electron chi connectivity index (χ2n) is 7.55. The molecule has 0 aromatic rings. The fraction of sp³-hybridized carbons (Fsp3) is 0.933. The quantitative estimate of drug-likeness (QED) is 0.294. The second kappa shape index (κ2) is 8.88. The monoisotopic (exact) mass is 563 g/mol. The molecule has 0 aliphatic heterocycles. The van der Waals surface area contributed by atoms with Gasteiger partial charge in [0.25, 0.3) is 0 Å². The zero-order valence-corrected chi connectivity index (χ0v) is 17.2. The Morgan fingerprint density at radius 1 is 0.571 bits per heavy atom. The van der Waals surface area contributed by atoms with Gasteiger partial charge in [0.05, 0.1) is 0 Å². The van der Waals surface area contributed by atoms with Crippen LogP contribution in [0.5, 0.6) is 0 Å². The van der Waals surface area contributed by atoms with Crippen molar-refractivity contribution in [3.8, 4) is 0 Å². The predicted octanol–water partition coefficient (Wildman–Crippen LogP) is 6.91. The van der Waals surface area contributed by atoms with Crippen LogP contribution in [0.3, 0.4) is 0 Å². The number of hydrogen-bond acceptors (Lipinski definition) is 2. The summed E-state index contributed by atoms with van der Waals surface area (Å²) in [5.41, 5.74) is -2.25. The van der Waals surface area contributed by atoms with E-state index in [1.165, 1.54) is 0 Å².